The van der Waals surface area contributed by atoms with Crippen molar-refractivity contribution in [3.63, 3.8) is 0 Å². The van der Waals surface area contributed by atoms with Crippen molar-refractivity contribution in [1.29, 1.82) is 0 Å². The van der Waals surface area contributed by atoms with Crippen molar-refractivity contribution in [2.75, 3.05) is 25.2 Å². The Bertz CT molecular complexity index is 980. The number of nitrogens with one attached hydrogen (secondary N) is 1. The Balaban J connectivity index is 1.63. The smallest absolute Gasteiger partial charge is 0.278 e. The third-order valence-electron chi connectivity index (χ3n) is 5.53. The van der Waals surface area contributed by atoms with Crippen LogP contribution in [-0.2, 0) is 6.61 Å². The third-order valence-corrected chi connectivity index (χ3v) is 5.53. The first-order valence-corrected chi connectivity index (χ1v) is 9.49. The molecule has 0 aliphatic carbocycles. The highest BCUT2D eigenvalue weighted by Crippen LogP contribution is 2.33. The molecule has 29 heavy (non-hydrogen) atoms. The molecule has 0 bridgehead atoms. The molecule has 2 aliphatic rings. The lowest BCUT2D eigenvalue weighted by Crippen LogP contribution is -2.73. The Morgan fingerprint density at radius 2 is 2.00 bits per heavy atom. The van der Waals surface area contributed by atoms with E-state index in [1.54, 1.807) is 17.9 Å². The van der Waals surface area contributed by atoms with Crippen LogP contribution in [0.2, 0.25) is 0 Å². The van der Waals surface area contributed by atoms with E-state index in [-0.39, 0.29) is 36.1 Å². The van der Waals surface area contributed by atoms with Crippen LogP contribution >= 0.6 is 0 Å². The fourth-order valence-corrected chi connectivity index (χ4v) is 3.76. The van der Waals surface area contributed by atoms with Crippen molar-refractivity contribution in [2.24, 2.45) is 0 Å². The second-order valence-corrected chi connectivity index (χ2v) is 7.40. The van der Waals surface area contributed by atoms with Gasteiger partial charge in [-0.3, -0.25) is 19.2 Å². The quantitative estimate of drug-likeness (QED) is 0.708. The molecule has 4 rings (SSSR count). The van der Waals surface area contributed by atoms with Gasteiger partial charge in [0.25, 0.3) is 5.91 Å². The van der Waals surface area contributed by atoms with Gasteiger partial charge in [0.1, 0.15) is 19.5 Å². The van der Waals surface area contributed by atoms with E-state index in [0.29, 0.717) is 13.1 Å². The molecule has 1 unspecified atom stereocenters. The number of amides is 1. The molecule has 1 amide bonds. The SMILES string of the molecule is C=CC1(N2CNn3ccc(=O)c(OCc4ccccc4)c3C2=O)CN(C(C)O)C1. The number of fused-ring (bicyclic) bond motifs is 1. The van der Waals surface area contributed by atoms with Crippen molar-refractivity contribution in [2.45, 2.75) is 25.3 Å². The molecular formula is C21H24N4O4. The standard InChI is InChI=1S/C21H24N4O4/c1-3-21(12-23(13-21)15(2)26)24-14-22-25-10-9-17(27)19(18(25)20(24)28)29-11-16-7-5-4-6-8-16/h3-10,15,22,26H,1,11-14H2,2H3. The Hall–Kier alpha value is -3.10. The van der Waals surface area contributed by atoms with Gasteiger partial charge >= 0.3 is 0 Å². The van der Waals surface area contributed by atoms with E-state index < -0.39 is 11.8 Å². The molecule has 8 heteroatoms. The lowest BCUT2D eigenvalue weighted by molar-refractivity contribution is -0.0937. The van der Waals surface area contributed by atoms with E-state index in [2.05, 4.69) is 12.0 Å². The number of ether oxygens (including phenoxy) is 1. The largest absolute Gasteiger partial charge is 0.482 e. The van der Waals surface area contributed by atoms with Crippen molar-refractivity contribution in [3.8, 4) is 5.75 Å². The van der Waals surface area contributed by atoms with Gasteiger partial charge in [-0.1, -0.05) is 36.4 Å². The number of hydrogen-bond acceptors (Lipinski definition) is 6. The number of pyridine rings is 1. The van der Waals surface area contributed by atoms with Crippen LogP contribution in [0.25, 0.3) is 0 Å². The number of carbonyl (C=O) groups is 1. The maximum absolute atomic E-state index is 13.4. The maximum Gasteiger partial charge on any atom is 0.278 e. The van der Waals surface area contributed by atoms with Crippen molar-refractivity contribution < 1.29 is 14.6 Å². The fraction of sp³-hybridized carbons (Fsp3) is 0.333. The number of carbonyl (C=O) groups excluding carboxylic acids is 1. The number of aliphatic hydroxyl groups is 1. The van der Waals surface area contributed by atoms with Crippen LogP contribution in [0.3, 0.4) is 0 Å². The lowest BCUT2D eigenvalue weighted by Gasteiger charge is -2.56. The number of benzene rings is 1. The number of nitrogens with zero attached hydrogens (tertiary/aromatic N) is 3. The first-order chi connectivity index (χ1) is 13.9. The first-order valence-electron chi connectivity index (χ1n) is 9.49. The second-order valence-electron chi connectivity index (χ2n) is 7.40. The van der Waals surface area contributed by atoms with Gasteiger partial charge in [-0.25, -0.2) is 0 Å². The highest BCUT2D eigenvalue weighted by atomic mass is 16.5. The van der Waals surface area contributed by atoms with Gasteiger partial charge in [-0.05, 0) is 12.5 Å². The summed E-state index contributed by atoms with van der Waals surface area (Å²) in [5.41, 5.74) is 3.23. The molecule has 1 aromatic carbocycles. The van der Waals surface area contributed by atoms with Crippen LogP contribution in [-0.4, -0.2) is 57.0 Å². The van der Waals surface area contributed by atoms with Crippen LogP contribution < -0.4 is 15.6 Å². The summed E-state index contributed by atoms with van der Waals surface area (Å²) in [5, 5.41) is 9.79. The van der Waals surface area contributed by atoms with Gasteiger partial charge in [-0.15, -0.1) is 6.58 Å². The summed E-state index contributed by atoms with van der Waals surface area (Å²) >= 11 is 0. The Morgan fingerprint density at radius 3 is 2.66 bits per heavy atom. The molecule has 2 aliphatic heterocycles. The zero-order valence-corrected chi connectivity index (χ0v) is 16.2. The summed E-state index contributed by atoms with van der Waals surface area (Å²) in [6, 6.07) is 10.8. The van der Waals surface area contributed by atoms with Crippen LogP contribution in [0.15, 0.2) is 60.0 Å². The van der Waals surface area contributed by atoms with Gasteiger partial charge in [0.2, 0.25) is 5.43 Å². The van der Waals surface area contributed by atoms with Gasteiger partial charge in [-0.2, -0.15) is 0 Å². The zero-order chi connectivity index (χ0) is 20.6. The average Bonchev–Trinajstić information content (AvgIpc) is 2.69. The summed E-state index contributed by atoms with van der Waals surface area (Å²) in [5.74, 6) is -0.292. The Kier molecular flexibility index (Phi) is 4.89. The van der Waals surface area contributed by atoms with E-state index in [4.69, 9.17) is 4.74 Å². The van der Waals surface area contributed by atoms with E-state index in [9.17, 15) is 14.7 Å². The molecule has 1 aromatic heterocycles. The molecule has 3 heterocycles. The summed E-state index contributed by atoms with van der Waals surface area (Å²) in [7, 11) is 0. The normalized spacial score (nSPS) is 19.0. The molecule has 0 saturated carbocycles. The van der Waals surface area contributed by atoms with Crippen LogP contribution in [0.1, 0.15) is 23.0 Å². The topological polar surface area (TPSA) is 87.0 Å². The number of aliphatic hydroxyl groups excluding tert-OH is 1. The van der Waals surface area contributed by atoms with E-state index in [0.717, 1.165) is 5.56 Å². The van der Waals surface area contributed by atoms with E-state index in [1.165, 1.54) is 16.9 Å². The third kappa shape index (κ3) is 3.30. The molecule has 1 saturated heterocycles. The van der Waals surface area contributed by atoms with Gasteiger partial charge < -0.3 is 20.2 Å². The Morgan fingerprint density at radius 1 is 1.28 bits per heavy atom. The molecule has 0 radical (unpaired) electrons. The summed E-state index contributed by atoms with van der Waals surface area (Å²) < 4.78 is 7.33. The molecule has 1 atom stereocenters. The minimum atomic E-state index is -0.616. The highest BCUT2D eigenvalue weighted by Gasteiger charge is 2.50. The van der Waals surface area contributed by atoms with Gasteiger partial charge in [0.15, 0.2) is 11.4 Å². The minimum absolute atomic E-state index is 0.0180. The minimum Gasteiger partial charge on any atom is -0.482 e. The predicted molar refractivity (Wildman–Crippen MR) is 108 cm³/mol. The number of likely N-dealkylation sites (tertiary alicyclic amines) is 1. The van der Waals surface area contributed by atoms with Gasteiger partial charge in [0, 0.05) is 25.4 Å². The molecule has 8 nitrogen and oxygen atoms in total. The summed E-state index contributed by atoms with van der Waals surface area (Å²) in [4.78, 5) is 29.4. The molecule has 2 N–H and O–H groups in total. The van der Waals surface area contributed by atoms with Crippen molar-refractivity contribution >= 4 is 5.91 Å². The number of aromatic nitrogens is 1. The Labute approximate surface area is 168 Å². The van der Waals surface area contributed by atoms with Crippen molar-refractivity contribution in [3.05, 3.63) is 76.7 Å². The summed E-state index contributed by atoms with van der Waals surface area (Å²) in [6.07, 6.45) is 2.66. The van der Waals surface area contributed by atoms with E-state index in [1.807, 2.05) is 35.2 Å². The lowest BCUT2D eigenvalue weighted by atomic mass is 9.87. The molecule has 1 fully saturated rings. The number of rotatable bonds is 6. The summed E-state index contributed by atoms with van der Waals surface area (Å²) in [6.45, 7) is 6.97. The highest BCUT2D eigenvalue weighted by molar-refractivity contribution is 5.97. The predicted octanol–water partition coefficient (Wildman–Crippen LogP) is 0.963. The zero-order valence-electron chi connectivity index (χ0n) is 16.2. The van der Waals surface area contributed by atoms with Crippen LogP contribution in [0.4, 0.5) is 0 Å². The van der Waals surface area contributed by atoms with E-state index >= 15 is 0 Å². The molecule has 0 spiro atoms. The van der Waals surface area contributed by atoms with Crippen LogP contribution in [0, 0.1) is 0 Å². The molecule has 2 aromatic rings. The van der Waals surface area contributed by atoms with Crippen LogP contribution in [0.5, 0.6) is 5.75 Å². The fourth-order valence-electron chi connectivity index (χ4n) is 3.76. The molecular weight excluding hydrogens is 372 g/mol. The molecule has 152 valence electrons. The first kappa shape index (κ1) is 19.2. The second kappa shape index (κ2) is 7.38. The van der Waals surface area contributed by atoms with Crippen molar-refractivity contribution in [1.82, 2.24) is 14.5 Å². The van der Waals surface area contributed by atoms with Gasteiger partial charge in [0.05, 0.1) is 5.54 Å². The maximum atomic E-state index is 13.4. The number of hydrogen-bond donors (Lipinski definition) is 2. The average molecular weight is 396 g/mol. The monoisotopic (exact) mass is 396 g/mol.